The first kappa shape index (κ1) is 19.2. The number of unbranched alkanes of at least 4 members (excludes halogenated alkanes) is 2. The minimum Gasteiger partial charge on any atom is -0.448 e. The van der Waals surface area contributed by atoms with Gasteiger partial charge in [0, 0.05) is 27.0 Å². The van der Waals surface area contributed by atoms with Gasteiger partial charge >= 0.3 is 0 Å². The Labute approximate surface area is 177 Å². The van der Waals surface area contributed by atoms with Crippen LogP contribution in [0.4, 0.5) is 5.69 Å². The summed E-state index contributed by atoms with van der Waals surface area (Å²) >= 11 is 5.26. The normalized spacial score (nSPS) is 15.0. The lowest BCUT2D eigenvalue weighted by molar-refractivity contribution is 0.224. The fraction of sp³-hybridized carbons (Fsp3) is 0.286. The molecule has 28 heavy (non-hydrogen) atoms. The van der Waals surface area contributed by atoms with Crippen molar-refractivity contribution in [3.63, 3.8) is 0 Å². The van der Waals surface area contributed by atoms with E-state index in [0.717, 1.165) is 33.5 Å². The molecule has 1 aliphatic rings. The molecule has 1 aliphatic heterocycles. The lowest BCUT2D eigenvalue weighted by Gasteiger charge is -2.20. The molecule has 5 nitrogen and oxygen atoms in total. The molecule has 0 spiro atoms. The second-order valence-electron chi connectivity index (χ2n) is 6.51. The molecule has 2 heterocycles. The van der Waals surface area contributed by atoms with Crippen molar-refractivity contribution in [3.8, 4) is 17.1 Å². The van der Waals surface area contributed by atoms with Crippen LogP contribution >= 0.6 is 27.7 Å². The number of para-hydroxylation sites is 1. The van der Waals surface area contributed by atoms with Crippen LogP contribution in [0.15, 0.2) is 58.2 Å². The number of benzene rings is 2. The number of nitrogens with one attached hydrogen (secondary N) is 1. The van der Waals surface area contributed by atoms with Gasteiger partial charge in [0.1, 0.15) is 0 Å². The van der Waals surface area contributed by atoms with Crippen LogP contribution in [0.3, 0.4) is 0 Å². The SMILES string of the molecule is CCCCCSc1nnc2c(n1)OC(c1ccccc1Br)Nc1ccccc1-2. The predicted octanol–water partition coefficient (Wildman–Crippen LogP) is 6.09. The molecule has 1 aromatic heterocycles. The fourth-order valence-corrected chi connectivity index (χ4v) is 4.32. The number of thioether (sulfide) groups is 1. The average Bonchev–Trinajstić information content (AvgIpc) is 2.88. The maximum Gasteiger partial charge on any atom is 0.247 e. The first-order chi connectivity index (χ1) is 13.8. The third-order valence-electron chi connectivity index (χ3n) is 4.50. The Morgan fingerprint density at radius 1 is 1.07 bits per heavy atom. The van der Waals surface area contributed by atoms with Crippen LogP contribution < -0.4 is 10.1 Å². The van der Waals surface area contributed by atoms with Gasteiger partial charge in [-0.1, -0.05) is 83.9 Å². The molecule has 0 aliphatic carbocycles. The van der Waals surface area contributed by atoms with Gasteiger partial charge in [-0.2, -0.15) is 4.98 Å². The van der Waals surface area contributed by atoms with Crippen LogP contribution in [0.5, 0.6) is 5.88 Å². The largest absolute Gasteiger partial charge is 0.448 e. The molecule has 7 heteroatoms. The molecule has 2 aromatic carbocycles. The zero-order chi connectivity index (χ0) is 19.3. The van der Waals surface area contributed by atoms with E-state index in [4.69, 9.17) is 4.74 Å². The number of hydrogen-bond donors (Lipinski definition) is 1. The molecule has 0 radical (unpaired) electrons. The van der Waals surface area contributed by atoms with E-state index in [1.165, 1.54) is 12.8 Å². The second-order valence-corrected chi connectivity index (χ2v) is 8.43. The van der Waals surface area contributed by atoms with E-state index in [1.807, 2.05) is 48.5 Å². The third kappa shape index (κ3) is 4.15. The van der Waals surface area contributed by atoms with E-state index in [9.17, 15) is 0 Å². The summed E-state index contributed by atoms with van der Waals surface area (Å²) in [5.74, 6) is 1.49. The molecule has 0 fully saturated rings. The summed E-state index contributed by atoms with van der Waals surface area (Å²) in [5, 5.41) is 12.9. The number of rotatable bonds is 6. The van der Waals surface area contributed by atoms with E-state index in [0.29, 0.717) is 16.7 Å². The molecular weight excluding hydrogens is 436 g/mol. The van der Waals surface area contributed by atoms with Gasteiger partial charge in [-0.3, -0.25) is 0 Å². The number of hydrogen-bond acceptors (Lipinski definition) is 6. The van der Waals surface area contributed by atoms with Crippen molar-refractivity contribution in [2.45, 2.75) is 37.6 Å². The van der Waals surface area contributed by atoms with E-state index in [2.05, 4.69) is 43.4 Å². The Balaban J connectivity index is 1.70. The number of anilines is 1. The van der Waals surface area contributed by atoms with Crippen LogP contribution in [-0.4, -0.2) is 20.9 Å². The molecule has 0 saturated carbocycles. The monoisotopic (exact) mass is 456 g/mol. The summed E-state index contributed by atoms with van der Waals surface area (Å²) in [7, 11) is 0. The van der Waals surface area contributed by atoms with E-state index >= 15 is 0 Å². The summed E-state index contributed by atoms with van der Waals surface area (Å²) in [4.78, 5) is 4.69. The van der Waals surface area contributed by atoms with Crippen LogP contribution in [0.1, 0.15) is 38.0 Å². The maximum absolute atomic E-state index is 6.31. The average molecular weight is 457 g/mol. The molecule has 144 valence electrons. The van der Waals surface area contributed by atoms with Gasteiger partial charge in [0.25, 0.3) is 0 Å². The quantitative estimate of drug-likeness (QED) is 0.357. The predicted molar refractivity (Wildman–Crippen MR) is 117 cm³/mol. The summed E-state index contributed by atoms with van der Waals surface area (Å²) in [6, 6.07) is 16.0. The molecule has 1 N–H and O–H groups in total. The van der Waals surface area contributed by atoms with Crippen molar-refractivity contribution in [1.82, 2.24) is 15.2 Å². The number of aromatic nitrogens is 3. The van der Waals surface area contributed by atoms with Gasteiger partial charge in [-0.15, -0.1) is 10.2 Å². The smallest absolute Gasteiger partial charge is 0.247 e. The number of fused-ring (bicyclic) bond motifs is 3. The van der Waals surface area contributed by atoms with Crippen molar-refractivity contribution in [2.75, 3.05) is 11.1 Å². The highest BCUT2D eigenvalue weighted by Gasteiger charge is 2.26. The zero-order valence-corrected chi connectivity index (χ0v) is 18.0. The highest BCUT2D eigenvalue weighted by molar-refractivity contribution is 9.10. The zero-order valence-electron chi connectivity index (χ0n) is 15.6. The van der Waals surface area contributed by atoms with Crippen molar-refractivity contribution in [1.29, 1.82) is 0 Å². The maximum atomic E-state index is 6.31. The van der Waals surface area contributed by atoms with Crippen molar-refractivity contribution >= 4 is 33.4 Å². The fourth-order valence-electron chi connectivity index (χ4n) is 3.05. The van der Waals surface area contributed by atoms with Crippen LogP contribution in [0.2, 0.25) is 0 Å². The minimum absolute atomic E-state index is 0.382. The van der Waals surface area contributed by atoms with Gasteiger partial charge < -0.3 is 10.1 Å². The highest BCUT2D eigenvalue weighted by Crippen LogP contribution is 2.40. The minimum atomic E-state index is -0.382. The lowest BCUT2D eigenvalue weighted by Crippen LogP contribution is -2.17. The van der Waals surface area contributed by atoms with Gasteiger partial charge in [-0.05, 0) is 18.6 Å². The van der Waals surface area contributed by atoms with Gasteiger partial charge in [0.15, 0.2) is 11.9 Å². The molecule has 4 rings (SSSR count). The number of halogens is 1. The van der Waals surface area contributed by atoms with Gasteiger partial charge in [0.05, 0.1) is 0 Å². The number of ether oxygens (including phenoxy) is 1. The van der Waals surface area contributed by atoms with Crippen LogP contribution in [0.25, 0.3) is 11.3 Å². The summed E-state index contributed by atoms with van der Waals surface area (Å²) in [6.45, 7) is 2.20. The third-order valence-corrected chi connectivity index (χ3v) is 6.15. The van der Waals surface area contributed by atoms with Crippen molar-refractivity contribution in [2.24, 2.45) is 0 Å². The van der Waals surface area contributed by atoms with Crippen molar-refractivity contribution in [3.05, 3.63) is 58.6 Å². The Bertz CT molecular complexity index is 969. The molecular formula is C21H21BrN4OS. The second kappa shape index (κ2) is 8.92. The first-order valence-corrected chi connectivity index (χ1v) is 11.2. The first-order valence-electron chi connectivity index (χ1n) is 9.41. The highest BCUT2D eigenvalue weighted by atomic mass is 79.9. The standard InChI is InChI=1S/C21H21BrN4OS/c1-2-3-8-13-28-21-24-20-18(25-26-21)15-10-5-7-12-17(15)23-19(27-20)14-9-4-6-11-16(14)22/h4-7,9-12,19,23H,2-3,8,13H2,1H3. The Kier molecular flexibility index (Phi) is 6.12. The topological polar surface area (TPSA) is 59.9 Å². The van der Waals surface area contributed by atoms with Gasteiger partial charge in [-0.25, -0.2) is 0 Å². The summed E-state index contributed by atoms with van der Waals surface area (Å²) in [6.07, 6.45) is 3.17. The Morgan fingerprint density at radius 2 is 1.89 bits per heavy atom. The molecule has 0 bridgehead atoms. The van der Waals surface area contributed by atoms with E-state index in [1.54, 1.807) is 11.8 Å². The van der Waals surface area contributed by atoms with E-state index < -0.39 is 0 Å². The lowest BCUT2D eigenvalue weighted by atomic mass is 10.1. The molecule has 0 saturated heterocycles. The molecule has 3 aromatic rings. The van der Waals surface area contributed by atoms with Crippen LogP contribution in [0, 0.1) is 0 Å². The Hall–Kier alpha value is -2.12. The van der Waals surface area contributed by atoms with Crippen molar-refractivity contribution < 1.29 is 4.74 Å². The Morgan fingerprint density at radius 3 is 2.75 bits per heavy atom. The van der Waals surface area contributed by atoms with Gasteiger partial charge in [0.2, 0.25) is 11.0 Å². The van der Waals surface area contributed by atoms with E-state index in [-0.39, 0.29) is 6.23 Å². The van der Waals surface area contributed by atoms with Crippen LogP contribution in [-0.2, 0) is 0 Å². The summed E-state index contributed by atoms with van der Waals surface area (Å²) < 4.78 is 7.28. The number of nitrogens with zero attached hydrogens (tertiary/aromatic N) is 3. The molecule has 0 amide bonds. The molecule has 1 atom stereocenters. The summed E-state index contributed by atoms with van der Waals surface area (Å²) in [5.41, 5.74) is 3.55. The molecule has 1 unspecified atom stereocenters.